The van der Waals surface area contributed by atoms with E-state index in [0.29, 0.717) is 16.7 Å². The van der Waals surface area contributed by atoms with Crippen LogP contribution in [0.15, 0.2) is 53.7 Å². The molecule has 0 spiro atoms. The van der Waals surface area contributed by atoms with Gasteiger partial charge in [-0.3, -0.25) is 9.59 Å². The normalized spacial score (nSPS) is 10.6. The summed E-state index contributed by atoms with van der Waals surface area (Å²) < 4.78 is 1.37. The monoisotopic (exact) mass is 424 g/mol. The number of nitrogen functional groups attached to an aromatic ring is 1. The molecule has 2 amide bonds. The van der Waals surface area contributed by atoms with Crippen LogP contribution in [0.25, 0.3) is 11.4 Å². The van der Waals surface area contributed by atoms with Crippen molar-refractivity contribution in [3.63, 3.8) is 0 Å². The number of anilines is 1. The van der Waals surface area contributed by atoms with Crippen molar-refractivity contribution in [3.8, 4) is 11.4 Å². The number of hydrogen-bond acceptors (Lipinski definition) is 6. The smallest absolute Gasteiger partial charge is 0.243 e. The quantitative estimate of drug-likeness (QED) is 0.446. The number of benzene rings is 2. The van der Waals surface area contributed by atoms with Gasteiger partial charge in [0.15, 0.2) is 5.82 Å². The molecule has 0 radical (unpaired) electrons. The SMILES string of the molecule is Cc1ccc(NC(=O)CN(C)C(=O)CSc2nnc(-c3ccc(C)cc3)n2N)cc1. The molecule has 0 aliphatic rings. The van der Waals surface area contributed by atoms with Crippen LogP contribution in [0.1, 0.15) is 11.1 Å². The molecule has 8 nitrogen and oxygen atoms in total. The summed E-state index contributed by atoms with van der Waals surface area (Å²) in [7, 11) is 1.59. The molecule has 0 saturated carbocycles. The van der Waals surface area contributed by atoms with E-state index in [1.807, 2.05) is 62.4 Å². The van der Waals surface area contributed by atoms with E-state index in [9.17, 15) is 9.59 Å². The molecule has 0 bridgehead atoms. The lowest BCUT2D eigenvalue weighted by Gasteiger charge is -2.16. The van der Waals surface area contributed by atoms with Gasteiger partial charge in [-0.25, -0.2) is 4.68 Å². The van der Waals surface area contributed by atoms with Gasteiger partial charge in [-0.1, -0.05) is 59.3 Å². The molecule has 30 heavy (non-hydrogen) atoms. The molecule has 0 saturated heterocycles. The first-order valence-corrected chi connectivity index (χ1v) is 10.3. The summed E-state index contributed by atoms with van der Waals surface area (Å²) in [5.41, 5.74) is 3.78. The van der Waals surface area contributed by atoms with Gasteiger partial charge in [-0.15, -0.1) is 10.2 Å². The van der Waals surface area contributed by atoms with Gasteiger partial charge in [0.2, 0.25) is 17.0 Å². The Labute approximate surface area is 179 Å². The Hall–Kier alpha value is -3.33. The summed E-state index contributed by atoms with van der Waals surface area (Å²) in [4.78, 5) is 25.9. The molecule has 9 heteroatoms. The average Bonchev–Trinajstić information content (AvgIpc) is 3.08. The first-order chi connectivity index (χ1) is 14.3. The standard InChI is InChI=1S/C21H24N6O2S/c1-14-4-8-16(9-5-14)20-24-25-21(27(20)22)30-13-19(29)26(3)12-18(28)23-17-10-6-15(2)7-11-17/h4-11H,12-13,22H2,1-3H3,(H,23,28). The maximum absolute atomic E-state index is 12.4. The molecule has 156 valence electrons. The molecule has 2 aromatic carbocycles. The number of hydrogen-bond donors (Lipinski definition) is 2. The number of nitrogens with two attached hydrogens (primary N) is 1. The van der Waals surface area contributed by atoms with Gasteiger partial charge >= 0.3 is 0 Å². The van der Waals surface area contributed by atoms with Crippen molar-refractivity contribution in [3.05, 3.63) is 59.7 Å². The molecular formula is C21H24N6O2S. The van der Waals surface area contributed by atoms with E-state index in [-0.39, 0.29) is 24.1 Å². The van der Waals surface area contributed by atoms with Gasteiger partial charge in [-0.2, -0.15) is 0 Å². The summed E-state index contributed by atoms with van der Waals surface area (Å²) in [6.07, 6.45) is 0. The van der Waals surface area contributed by atoms with E-state index in [1.54, 1.807) is 7.05 Å². The number of aromatic nitrogens is 3. The van der Waals surface area contributed by atoms with Crippen LogP contribution in [0.5, 0.6) is 0 Å². The van der Waals surface area contributed by atoms with Crippen molar-refractivity contribution in [2.45, 2.75) is 19.0 Å². The minimum Gasteiger partial charge on any atom is -0.336 e. The van der Waals surface area contributed by atoms with Crippen molar-refractivity contribution < 1.29 is 9.59 Å². The number of nitrogens with zero attached hydrogens (tertiary/aromatic N) is 4. The van der Waals surface area contributed by atoms with Gasteiger partial charge in [0, 0.05) is 18.3 Å². The Morgan fingerprint density at radius 1 is 1.03 bits per heavy atom. The van der Waals surface area contributed by atoms with Crippen LogP contribution in [0, 0.1) is 13.8 Å². The van der Waals surface area contributed by atoms with Crippen molar-refractivity contribution in [2.24, 2.45) is 0 Å². The lowest BCUT2D eigenvalue weighted by atomic mass is 10.1. The van der Waals surface area contributed by atoms with Crippen molar-refractivity contribution >= 4 is 29.3 Å². The summed E-state index contributed by atoms with van der Waals surface area (Å²) in [6, 6.07) is 15.2. The van der Waals surface area contributed by atoms with E-state index in [1.165, 1.54) is 21.3 Å². The highest BCUT2D eigenvalue weighted by Gasteiger charge is 2.17. The highest BCUT2D eigenvalue weighted by atomic mass is 32.2. The van der Waals surface area contributed by atoms with Gasteiger partial charge in [-0.05, 0) is 26.0 Å². The minimum absolute atomic E-state index is 0.0444. The first kappa shape index (κ1) is 21.4. The second-order valence-corrected chi connectivity index (χ2v) is 7.94. The van der Waals surface area contributed by atoms with Crippen LogP contribution in [-0.4, -0.2) is 50.9 Å². The summed E-state index contributed by atoms with van der Waals surface area (Å²) >= 11 is 1.18. The maximum atomic E-state index is 12.4. The van der Waals surface area contributed by atoms with Crippen LogP contribution in [0.2, 0.25) is 0 Å². The van der Waals surface area contributed by atoms with Crippen LogP contribution >= 0.6 is 11.8 Å². The van der Waals surface area contributed by atoms with Crippen LogP contribution < -0.4 is 11.2 Å². The summed E-state index contributed by atoms with van der Waals surface area (Å²) in [5.74, 6) is 6.24. The summed E-state index contributed by atoms with van der Waals surface area (Å²) in [6.45, 7) is 3.93. The van der Waals surface area contributed by atoms with Crippen molar-refractivity contribution in [1.29, 1.82) is 0 Å². The van der Waals surface area contributed by atoms with Gasteiger partial charge in [0.05, 0.1) is 12.3 Å². The average molecular weight is 425 g/mol. The first-order valence-electron chi connectivity index (χ1n) is 9.34. The van der Waals surface area contributed by atoms with E-state index >= 15 is 0 Å². The largest absolute Gasteiger partial charge is 0.336 e. The summed E-state index contributed by atoms with van der Waals surface area (Å²) in [5, 5.41) is 11.4. The Bertz CT molecular complexity index is 1030. The number of carbonyl (C=O) groups is 2. The third kappa shape index (κ3) is 5.38. The zero-order valence-electron chi connectivity index (χ0n) is 17.1. The molecule has 0 unspecified atom stereocenters. The topological polar surface area (TPSA) is 106 Å². The molecule has 0 aliphatic carbocycles. The van der Waals surface area contributed by atoms with E-state index in [2.05, 4.69) is 15.5 Å². The molecule has 3 aromatic rings. The predicted octanol–water partition coefficient (Wildman–Crippen LogP) is 2.46. The van der Waals surface area contributed by atoms with Crippen LogP contribution in [-0.2, 0) is 9.59 Å². The van der Waals surface area contributed by atoms with Crippen molar-refractivity contribution in [1.82, 2.24) is 19.8 Å². The number of carbonyl (C=O) groups excluding carboxylic acids is 2. The third-order valence-electron chi connectivity index (χ3n) is 4.44. The molecule has 0 atom stereocenters. The fourth-order valence-corrected chi connectivity index (χ4v) is 3.45. The van der Waals surface area contributed by atoms with Gasteiger partial charge < -0.3 is 16.1 Å². The molecule has 3 N–H and O–H groups in total. The third-order valence-corrected chi connectivity index (χ3v) is 5.37. The number of nitrogens with one attached hydrogen (secondary N) is 1. The maximum Gasteiger partial charge on any atom is 0.243 e. The molecular weight excluding hydrogens is 400 g/mol. The number of aryl methyl sites for hydroxylation is 2. The fraction of sp³-hybridized carbons (Fsp3) is 0.238. The van der Waals surface area contributed by atoms with E-state index < -0.39 is 0 Å². The number of likely N-dealkylation sites (N-methyl/N-ethyl adjacent to an activating group) is 1. The fourth-order valence-electron chi connectivity index (χ4n) is 2.65. The minimum atomic E-state index is -0.261. The second-order valence-electron chi connectivity index (χ2n) is 6.99. The molecule has 3 rings (SSSR count). The number of thioether (sulfide) groups is 1. The molecule has 1 heterocycles. The van der Waals surface area contributed by atoms with Crippen LogP contribution in [0.3, 0.4) is 0 Å². The molecule has 0 fully saturated rings. The Morgan fingerprint density at radius 3 is 2.27 bits per heavy atom. The number of rotatable bonds is 7. The lowest BCUT2D eigenvalue weighted by Crippen LogP contribution is -2.36. The van der Waals surface area contributed by atoms with Crippen molar-refractivity contribution in [2.75, 3.05) is 30.5 Å². The van der Waals surface area contributed by atoms with Crippen LogP contribution in [0.4, 0.5) is 5.69 Å². The molecule has 0 aliphatic heterocycles. The Kier molecular flexibility index (Phi) is 6.73. The number of amides is 2. The predicted molar refractivity (Wildman–Crippen MR) is 119 cm³/mol. The lowest BCUT2D eigenvalue weighted by molar-refractivity contribution is -0.131. The zero-order chi connectivity index (χ0) is 21.7. The zero-order valence-corrected chi connectivity index (χ0v) is 17.9. The highest BCUT2D eigenvalue weighted by Crippen LogP contribution is 2.22. The Morgan fingerprint density at radius 2 is 1.63 bits per heavy atom. The van der Waals surface area contributed by atoms with Gasteiger partial charge in [0.1, 0.15) is 0 Å². The van der Waals surface area contributed by atoms with E-state index in [4.69, 9.17) is 5.84 Å². The highest BCUT2D eigenvalue weighted by molar-refractivity contribution is 7.99. The Balaban J connectivity index is 1.53. The second kappa shape index (κ2) is 9.45. The van der Waals surface area contributed by atoms with E-state index in [0.717, 1.165) is 16.7 Å². The van der Waals surface area contributed by atoms with Gasteiger partial charge in [0.25, 0.3) is 0 Å². The molecule has 1 aromatic heterocycles.